The average molecular weight is 278 g/mol. The highest BCUT2D eigenvalue weighted by Gasteiger charge is 2.39. The second-order valence-corrected chi connectivity index (χ2v) is 5.48. The van der Waals surface area contributed by atoms with Gasteiger partial charge >= 0.3 is 12.0 Å². The summed E-state index contributed by atoms with van der Waals surface area (Å²) in [5.74, 6) is -0.973. The Kier molecular flexibility index (Phi) is 3.11. The zero-order valence-electron chi connectivity index (χ0n) is 11.4. The van der Waals surface area contributed by atoms with Crippen molar-refractivity contribution < 1.29 is 14.7 Å². The maximum atomic E-state index is 12.6. The van der Waals surface area contributed by atoms with Crippen LogP contribution in [0.3, 0.4) is 0 Å². The predicted octanol–water partition coefficient (Wildman–Crippen LogP) is 0.825. The van der Waals surface area contributed by atoms with E-state index in [0.717, 1.165) is 24.2 Å². The Morgan fingerprint density at radius 2 is 2.25 bits per heavy atom. The number of carboxylic acids is 1. The number of amides is 2. The van der Waals surface area contributed by atoms with Crippen molar-refractivity contribution in [3.63, 3.8) is 0 Å². The van der Waals surface area contributed by atoms with E-state index in [9.17, 15) is 14.7 Å². The molecule has 1 fully saturated rings. The molecule has 1 aromatic rings. The number of carboxylic acid groups (broad SMARTS) is 1. The van der Waals surface area contributed by atoms with Crippen LogP contribution in [0.1, 0.15) is 31.2 Å². The molecule has 0 saturated carbocycles. The fourth-order valence-electron chi connectivity index (χ4n) is 3.04. The quantitative estimate of drug-likeness (QED) is 0.796. The van der Waals surface area contributed by atoms with E-state index in [1.54, 1.807) is 11.2 Å². The van der Waals surface area contributed by atoms with Gasteiger partial charge < -0.3 is 19.9 Å². The van der Waals surface area contributed by atoms with Gasteiger partial charge in [-0.2, -0.15) is 0 Å². The molecule has 20 heavy (non-hydrogen) atoms. The minimum atomic E-state index is -0.973. The van der Waals surface area contributed by atoms with Crippen molar-refractivity contribution in [2.24, 2.45) is 0 Å². The number of imidazole rings is 1. The Morgan fingerprint density at radius 3 is 2.90 bits per heavy atom. The lowest BCUT2D eigenvalue weighted by molar-refractivity contribution is -0.143. The van der Waals surface area contributed by atoms with Crippen LogP contribution in [0.15, 0.2) is 6.33 Å². The van der Waals surface area contributed by atoms with Crippen molar-refractivity contribution in [2.75, 3.05) is 6.54 Å². The van der Waals surface area contributed by atoms with Crippen molar-refractivity contribution in [1.29, 1.82) is 0 Å². The molecule has 108 valence electrons. The van der Waals surface area contributed by atoms with Gasteiger partial charge in [-0.1, -0.05) is 0 Å². The molecule has 3 heterocycles. The molecule has 3 rings (SSSR count). The van der Waals surface area contributed by atoms with Crippen molar-refractivity contribution in [3.05, 3.63) is 17.7 Å². The van der Waals surface area contributed by atoms with Gasteiger partial charge in [0.25, 0.3) is 0 Å². The van der Waals surface area contributed by atoms with Gasteiger partial charge in [0.1, 0.15) is 6.04 Å². The number of urea groups is 1. The Morgan fingerprint density at radius 1 is 1.45 bits per heavy atom. The summed E-state index contributed by atoms with van der Waals surface area (Å²) in [6.45, 7) is 3.00. The normalized spacial score (nSPS) is 25.6. The summed E-state index contributed by atoms with van der Waals surface area (Å²) in [5, 5.41) is 9.38. The summed E-state index contributed by atoms with van der Waals surface area (Å²) < 4.78 is 0. The smallest absolute Gasteiger partial charge is 0.326 e. The van der Waals surface area contributed by atoms with Gasteiger partial charge in [-0.3, -0.25) is 0 Å². The van der Waals surface area contributed by atoms with Crippen LogP contribution in [0.5, 0.6) is 0 Å². The number of hydrogen-bond acceptors (Lipinski definition) is 3. The first kappa shape index (κ1) is 13.0. The topological polar surface area (TPSA) is 89.5 Å². The molecule has 1 aromatic heterocycles. The first-order valence-corrected chi connectivity index (χ1v) is 6.89. The van der Waals surface area contributed by atoms with Crippen LogP contribution in [0.4, 0.5) is 4.79 Å². The molecule has 2 N–H and O–H groups in total. The van der Waals surface area contributed by atoms with E-state index in [2.05, 4.69) is 9.97 Å². The number of aliphatic carboxylic acids is 1. The Balaban J connectivity index is 1.86. The number of carbonyl (C=O) groups is 2. The Bertz CT molecular complexity index is 541. The third-order valence-electron chi connectivity index (χ3n) is 4.23. The standard InChI is InChI=1S/C13H18N4O3/c1-8-3-2-4-16(8)13(20)17-6-10-9(14-7-15-10)5-11(17)12(18)19/h7-8,11H,2-6H2,1H3,(H,14,15)(H,18,19). The molecule has 2 atom stereocenters. The molecule has 7 heteroatoms. The molecule has 0 radical (unpaired) electrons. The number of aromatic nitrogens is 2. The van der Waals surface area contributed by atoms with Gasteiger partial charge in [-0.25, -0.2) is 14.6 Å². The van der Waals surface area contributed by atoms with E-state index in [1.807, 2.05) is 6.92 Å². The van der Waals surface area contributed by atoms with Crippen molar-refractivity contribution in [3.8, 4) is 0 Å². The summed E-state index contributed by atoms with van der Waals surface area (Å²) in [6, 6.07) is -0.825. The molecule has 0 bridgehead atoms. The zero-order chi connectivity index (χ0) is 14.3. The van der Waals surface area contributed by atoms with Crippen molar-refractivity contribution in [1.82, 2.24) is 19.8 Å². The van der Waals surface area contributed by atoms with Crippen LogP contribution < -0.4 is 0 Å². The second kappa shape index (κ2) is 4.81. The molecule has 2 aliphatic heterocycles. The molecule has 0 aromatic carbocycles. The Labute approximate surface area is 116 Å². The molecule has 2 amide bonds. The largest absolute Gasteiger partial charge is 0.480 e. The highest BCUT2D eigenvalue weighted by Crippen LogP contribution is 2.25. The fourth-order valence-corrected chi connectivity index (χ4v) is 3.04. The van der Waals surface area contributed by atoms with Gasteiger partial charge in [-0.15, -0.1) is 0 Å². The second-order valence-electron chi connectivity index (χ2n) is 5.48. The van der Waals surface area contributed by atoms with Crippen LogP contribution in [0.25, 0.3) is 0 Å². The third kappa shape index (κ3) is 2.03. The van der Waals surface area contributed by atoms with E-state index in [0.29, 0.717) is 6.54 Å². The number of rotatable bonds is 1. The molecular weight excluding hydrogens is 260 g/mol. The van der Waals surface area contributed by atoms with Gasteiger partial charge in [0.2, 0.25) is 0 Å². The lowest BCUT2D eigenvalue weighted by atomic mass is 10.0. The minimum Gasteiger partial charge on any atom is -0.480 e. The van der Waals surface area contributed by atoms with Gasteiger partial charge in [0.15, 0.2) is 0 Å². The van der Waals surface area contributed by atoms with Crippen LogP contribution in [-0.4, -0.2) is 55.5 Å². The van der Waals surface area contributed by atoms with Gasteiger partial charge in [0.05, 0.1) is 24.3 Å². The molecular formula is C13H18N4O3. The summed E-state index contributed by atoms with van der Waals surface area (Å²) >= 11 is 0. The number of aromatic amines is 1. The van der Waals surface area contributed by atoms with Crippen molar-refractivity contribution in [2.45, 2.75) is 44.8 Å². The number of H-pyrrole nitrogens is 1. The molecule has 0 aliphatic carbocycles. The number of likely N-dealkylation sites (tertiary alicyclic amines) is 1. The number of fused-ring (bicyclic) bond motifs is 1. The summed E-state index contributed by atoms with van der Waals surface area (Å²) in [6.07, 6.45) is 3.78. The van der Waals surface area contributed by atoms with E-state index in [-0.39, 0.29) is 25.0 Å². The number of carbonyl (C=O) groups excluding carboxylic acids is 1. The first-order valence-electron chi connectivity index (χ1n) is 6.89. The molecule has 2 unspecified atom stereocenters. The maximum Gasteiger partial charge on any atom is 0.326 e. The van der Waals surface area contributed by atoms with Crippen LogP contribution in [0.2, 0.25) is 0 Å². The Hall–Kier alpha value is -2.05. The highest BCUT2D eigenvalue weighted by molar-refractivity contribution is 5.83. The predicted molar refractivity (Wildman–Crippen MR) is 70.1 cm³/mol. The lowest BCUT2D eigenvalue weighted by Gasteiger charge is -2.36. The average Bonchev–Trinajstić information content (AvgIpc) is 3.04. The zero-order valence-corrected chi connectivity index (χ0v) is 11.4. The minimum absolute atomic E-state index is 0.178. The van der Waals surface area contributed by atoms with Crippen LogP contribution >= 0.6 is 0 Å². The van der Waals surface area contributed by atoms with Crippen molar-refractivity contribution >= 4 is 12.0 Å². The molecule has 1 saturated heterocycles. The van der Waals surface area contributed by atoms with Gasteiger partial charge in [-0.05, 0) is 19.8 Å². The van der Waals surface area contributed by atoms with Crippen LogP contribution in [-0.2, 0) is 17.8 Å². The summed E-state index contributed by atoms with van der Waals surface area (Å²) in [4.78, 5) is 34.4. The van der Waals surface area contributed by atoms with E-state index < -0.39 is 12.0 Å². The highest BCUT2D eigenvalue weighted by atomic mass is 16.4. The summed E-state index contributed by atoms with van der Waals surface area (Å²) in [5.41, 5.74) is 1.58. The van der Waals surface area contributed by atoms with Gasteiger partial charge in [0, 0.05) is 19.0 Å². The molecule has 0 spiro atoms. The number of nitrogens with one attached hydrogen (secondary N) is 1. The third-order valence-corrected chi connectivity index (χ3v) is 4.23. The van der Waals surface area contributed by atoms with E-state index in [4.69, 9.17) is 0 Å². The first-order chi connectivity index (χ1) is 9.58. The maximum absolute atomic E-state index is 12.6. The van der Waals surface area contributed by atoms with E-state index in [1.165, 1.54) is 4.90 Å². The monoisotopic (exact) mass is 278 g/mol. The van der Waals surface area contributed by atoms with E-state index >= 15 is 0 Å². The molecule has 7 nitrogen and oxygen atoms in total. The lowest BCUT2D eigenvalue weighted by Crippen LogP contribution is -2.54. The number of nitrogens with zero attached hydrogens (tertiary/aromatic N) is 3. The SMILES string of the molecule is CC1CCCN1C(=O)N1Cc2[nH]cnc2CC1C(=O)O. The van der Waals surface area contributed by atoms with Crippen LogP contribution in [0, 0.1) is 0 Å². The fraction of sp³-hybridized carbons (Fsp3) is 0.615. The summed E-state index contributed by atoms with van der Waals surface area (Å²) in [7, 11) is 0. The molecule has 2 aliphatic rings. The number of hydrogen-bond donors (Lipinski definition) is 2.